The summed E-state index contributed by atoms with van der Waals surface area (Å²) in [4.78, 5) is 4.36. The maximum atomic E-state index is 5.82. The summed E-state index contributed by atoms with van der Waals surface area (Å²) in [7, 11) is 0. The van der Waals surface area contributed by atoms with Crippen LogP contribution >= 0.6 is 0 Å². The third-order valence-electron chi connectivity index (χ3n) is 2.84. The standard InChI is InChI=1S/C15H12N2/c16-12-5-1-4-11(10-12)13-6-2-8-15-14(13)7-3-9-17-15/h1-10H,16H2. The fraction of sp³-hybridized carbons (Fsp3) is 0. The SMILES string of the molecule is Nc1cccc(-c2cccc3ncccc23)c1. The van der Waals surface area contributed by atoms with Crippen LogP contribution in [0.2, 0.25) is 0 Å². The van der Waals surface area contributed by atoms with Crippen molar-refractivity contribution in [2.45, 2.75) is 0 Å². The van der Waals surface area contributed by atoms with Crippen LogP contribution in [0.25, 0.3) is 22.0 Å². The number of nitrogens with zero attached hydrogens (tertiary/aromatic N) is 1. The average molecular weight is 220 g/mol. The third-order valence-corrected chi connectivity index (χ3v) is 2.84. The van der Waals surface area contributed by atoms with Crippen LogP contribution < -0.4 is 5.73 Å². The van der Waals surface area contributed by atoms with Crippen LogP contribution in [-0.4, -0.2) is 4.98 Å². The van der Waals surface area contributed by atoms with E-state index in [4.69, 9.17) is 5.73 Å². The van der Waals surface area contributed by atoms with Crippen molar-refractivity contribution in [3.8, 4) is 11.1 Å². The molecule has 0 atom stereocenters. The number of rotatable bonds is 1. The molecule has 0 spiro atoms. The monoisotopic (exact) mass is 220 g/mol. The minimum Gasteiger partial charge on any atom is -0.399 e. The van der Waals surface area contributed by atoms with Crippen molar-refractivity contribution in [2.24, 2.45) is 0 Å². The molecule has 1 aromatic heterocycles. The second-order valence-electron chi connectivity index (χ2n) is 4.00. The number of aromatic nitrogens is 1. The Balaban J connectivity index is 2.30. The molecule has 0 amide bonds. The maximum absolute atomic E-state index is 5.82. The molecule has 2 N–H and O–H groups in total. The lowest BCUT2D eigenvalue weighted by molar-refractivity contribution is 1.41. The lowest BCUT2D eigenvalue weighted by Gasteiger charge is -2.06. The van der Waals surface area contributed by atoms with E-state index in [1.54, 1.807) is 0 Å². The molecule has 3 rings (SSSR count). The zero-order valence-corrected chi connectivity index (χ0v) is 9.30. The molecule has 0 unspecified atom stereocenters. The summed E-state index contributed by atoms with van der Waals surface area (Å²) >= 11 is 0. The zero-order chi connectivity index (χ0) is 11.7. The van der Waals surface area contributed by atoms with Crippen molar-refractivity contribution in [1.29, 1.82) is 0 Å². The maximum Gasteiger partial charge on any atom is 0.0708 e. The number of hydrogen-bond donors (Lipinski definition) is 1. The van der Waals surface area contributed by atoms with Crippen LogP contribution in [-0.2, 0) is 0 Å². The molecule has 82 valence electrons. The summed E-state index contributed by atoms with van der Waals surface area (Å²) in [6.45, 7) is 0. The van der Waals surface area contributed by atoms with Crippen molar-refractivity contribution >= 4 is 16.6 Å². The predicted molar refractivity (Wildman–Crippen MR) is 71.6 cm³/mol. The first kappa shape index (κ1) is 9.85. The normalized spacial score (nSPS) is 10.6. The van der Waals surface area contributed by atoms with Gasteiger partial charge in [-0.2, -0.15) is 0 Å². The zero-order valence-electron chi connectivity index (χ0n) is 9.30. The highest BCUT2D eigenvalue weighted by molar-refractivity contribution is 5.94. The fourth-order valence-corrected chi connectivity index (χ4v) is 2.06. The summed E-state index contributed by atoms with van der Waals surface area (Å²) in [5.74, 6) is 0. The summed E-state index contributed by atoms with van der Waals surface area (Å²) in [6, 6.07) is 18.1. The molecular weight excluding hydrogens is 208 g/mol. The lowest BCUT2D eigenvalue weighted by Crippen LogP contribution is -1.86. The largest absolute Gasteiger partial charge is 0.399 e. The number of anilines is 1. The first-order valence-electron chi connectivity index (χ1n) is 5.54. The smallest absolute Gasteiger partial charge is 0.0708 e. The summed E-state index contributed by atoms with van der Waals surface area (Å²) < 4.78 is 0. The molecule has 0 saturated carbocycles. The van der Waals surface area contributed by atoms with Gasteiger partial charge in [-0.05, 0) is 35.4 Å². The Morgan fingerprint density at radius 3 is 2.65 bits per heavy atom. The van der Waals surface area contributed by atoms with Gasteiger partial charge in [0.05, 0.1) is 5.52 Å². The van der Waals surface area contributed by atoms with Crippen LogP contribution in [0.1, 0.15) is 0 Å². The van der Waals surface area contributed by atoms with Crippen LogP contribution in [0.15, 0.2) is 60.8 Å². The van der Waals surface area contributed by atoms with E-state index in [2.05, 4.69) is 23.2 Å². The molecule has 2 heteroatoms. The molecular formula is C15H12N2. The number of fused-ring (bicyclic) bond motifs is 1. The van der Waals surface area contributed by atoms with E-state index in [-0.39, 0.29) is 0 Å². The summed E-state index contributed by atoms with van der Waals surface area (Å²) in [5, 5.41) is 1.15. The van der Waals surface area contributed by atoms with E-state index in [1.807, 2.05) is 42.6 Å². The van der Waals surface area contributed by atoms with Gasteiger partial charge in [-0.25, -0.2) is 0 Å². The minimum atomic E-state index is 0.781. The van der Waals surface area contributed by atoms with Gasteiger partial charge in [0.1, 0.15) is 0 Å². The van der Waals surface area contributed by atoms with E-state index >= 15 is 0 Å². The van der Waals surface area contributed by atoms with Crippen molar-refractivity contribution in [3.63, 3.8) is 0 Å². The Labute approximate surface area is 99.7 Å². The van der Waals surface area contributed by atoms with Crippen LogP contribution in [0, 0.1) is 0 Å². The molecule has 0 bridgehead atoms. The van der Waals surface area contributed by atoms with Crippen molar-refractivity contribution in [1.82, 2.24) is 4.98 Å². The van der Waals surface area contributed by atoms with Crippen molar-refractivity contribution in [2.75, 3.05) is 5.73 Å². The molecule has 3 aromatic rings. The van der Waals surface area contributed by atoms with E-state index in [9.17, 15) is 0 Å². The Kier molecular flexibility index (Phi) is 2.26. The molecule has 0 saturated heterocycles. The van der Waals surface area contributed by atoms with Gasteiger partial charge in [0.15, 0.2) is 0 Å². The Morgan fingerprint density at radius 2 is 1.76 bits per heavy atom. The number of hydrogen-bond acceptors (Lipinski definition) is 2. The van der Waals surface area contributed by atoms with Gasteiger partial charge < -0.3 is 5.73 Å². The number of nitrogens with two attached hydrogens (primary N) is 1. The highest BCUT2D eigenvalue weighted by Crippen LogP contribution is 2.28. The van der Waals surface area contributed by atoms with Gasteiger partial charge in [0, 0.05) is 17.3 Å². The third kappa shape index (κ3) is 1.74. The van der Waals surface area contributed by atoms with Crippen molar-refractivity contribution < 1.29 is 0 Å². The molecule has 0 aliphatic carbocycles. The quantitative estimate of drug-likeness (QED) is 0.637. The van der Waals surface area contributed by atoms with E-state index in [0.29, 0.717) is 0 Å². The molecule has 0 fully saturated rings. The molecule has 17 heavy (non-hydrogen) atoms. The number of pyridine rings is 1. The van der Waals surface area contributed by atoms with Gasteiger partial charge in [0.2, 0.25) is 0 Å². The Morgan fingerprint density at radius 1 is 0.882 bits per heavy atom. The van der Waals surface area contributed by atoms with Gasteiger partial charge >= 0.3 is 0 Å². The highest BCUT2D eigenvalue weighted by atomic mass is 14.6. The average Bonchev–Trinajstić information content (AvgIpc) is 2.38. The minimum absolute atomic E-state index is 0.781. The number of nitrogen functional groups attached to an aromatic ring is 1. The van der Waals surface area contributed by atoms with Crippen molar-refractivity contribution in [3.05, 3.63) is 60.8 Å². The first-order chi connectivity index (χ1) is 8.34. The molecule has 2 nitrogen and oxygen atoms in total. The summed E-state index contributed by atoms with van der Waals surface area (Å²) in [6.07, 6.45) is 1.81. The lowest BCUT2D eigenvalue weighted by atomic mass is 10.0. The first-order valence-corrected chi connectivity index (χ1v) is 5.54. The molecule has 2 aromatic carbocycles. The van der Waals surface area contributed by atoms with Gasteiger partial charge in [-0.3, -0.25) is 4.98 Å². The van der Waals surface area contributed by atoms with Crippen LogP contribution in [0.5, 0.6) is 0 Å². The van der Waals surface area contributed by atoms with E-state index in [0.717, 1.165) is 22.2 Å². The Bertz CT molecular complexity index is 669. The predicted octanol–water partition coefficient (Wildman–Crippen LogP) is 3.48. The van der Waals surface area contributed by atoms with Gasteiger partial charge in [-0.15, -0.1) is 0 Å². The van der Waals surface area contributed by atoms with Crippen LogP contribution in [0.4, 0.5) is 5.69 Å². The molecule has 1 heterocycles. The molecule has 0 radical (unpaired) electrons. The highest BCUT2D eigenvalue weighted by Gasteiger charge is 2.03. The van der Waals surface area contributed by atoms with Crippen LogP contribution in [0.3, 0.4) is 0 Å². The van der Waals surface area contributed by atoms with E-state index < -0.39 is 0 Å². The number of benzene rings is 2. The van der Waals surface area contributed by atoms with Gasteiger partial charge in [0.25, 0.3) is 0 Å². The molecule has 0 aliphatic rings. The molecule has 0 aliphatic heterocycles. The fourth-order valence-electron chi connectivity index (χ4n) is 2.06. The summed E-state index contributed by atoms with van der Waals surface area (Å²) in [5.41, 5.74) is 9.91. The topological polar surface area (TPSA) is 38.9 Å². The second-order valence-corrected chi connectivity index (χ2v) is 4.00. The Hall–Kier alpha value is -2.35. The second kappa shape index (κ2) is 3.91. The van der Waals surface area contributed by atoms with Gasteiger partial charge in [-0.1, -0.05) is 30.3 Å². The van der Waals surface area contributed by atoms with E-state index in [1.165, 1.54) is 5.56 Å².